The SMILES string of the molecule is Cc1csc(COc2ccc3c(c2)CCC3=O)n1. The number of benzene rings is 1. The second kappa shape index (κ2) is 4.53. The van der Waals surface area contributed by atoms with Crippen LogP contribution < -0.4 is 4.74 Å². The number of rotatable bonds is 3. The van der Waals surface area contributed by atoms with Gasteiger partial charge in [-0.25, -0.2) is 4.98 Å². The molecule has 1 aliphatic rings. The smallest absolute Gasteiger partial charge is 0.163 e. The van der Waals surface area contributed by atoms with Crippen molar-refractivity contribution in [1.82, 2.24) is 4.98 Å². The van der Waals surface area contributed by atoms with Gasteiger partial charge in [0, 0.05) is 23.1 Å². The number of hydrogen-bond donors (Lipinski definition) is 0. The lowest BCUT2D eigenvalue weighted by Gasteiger charge is -2.05. The molecule has 1 aromatic heterocycles. The summed E-state index contributed by atoms with van der Waals surface area (Å²) >= 11 is 1.60. The molecule has 1 aliphatic carbocycles. The first-order valence-corrected chi connectivity index (χ1v) is 6.80. The molecule has 0 unspecified atom stereocenters. The molecule has 0 bridgehead atoms. The minimum Gasteiger partial charge on any atom is -0.486 e. The molecule has 0 atom stereocenters. The largest absolute Gasteiger partial charge is 0.486 e. The number of ether oxygens (including phenoxy) is 1. The lowest BCUT2D eigenvalue weighted by atomic mass is 10.1. The molecule has 1 heterocycles. The molecular weight excluding hydrogens is 246 g/mol. The van der Waals surface area contributed by atoms with E-state index in [0.717, 1.165) is 34.0 Å². The third kappa shape index (κ3) is 2.16. The van der Waals surface area contributed by atoms with Crippen molar-refractivity contribution in [3.63, 3.8) is 0 Å². The fourth-order valence-electron chi connectivity index (χ4n) is 2.14. The number of aromatic nitrogens is 1. The molecule has 0 N–H and O–H groups in total. The molecule has 0 spiro atoms. The molecule has 4 heteroatoms. The van der Waals surface area contributed by atoms with E-state index in [0.29, 0.717) is 13.0 Å². The van der Waals surface area contributed by atoms with Gasteiger partial charge in [0.2, 0.25) is 0 Å². The van der Waals surface area contributed by atoms with Crippen LogP contribution in [0.5, 0.6) is 5.75 Å². The topological polar surface area (TPSA) is 39.2 Å². The van der Waals surface area contributed by atoms with Gasteiger partial charge >= 0.3 is 0 Å². The van der Waals surface area contributed by atoms with Crippen LogP contribution >= 0.6 is 11.3 Å². The van der Waals surface area contributed by atoms with Crippen molar-refractivity contribution in [2.24, 2.45) is 0 Å². The molecule has 0 fully saturated rings. The van der Waals surface area contributed by atoms with E-state index in [1.807, 2.05) is 30.5 Å². The van der Waals surface area contributed by atoms with E-state index >= 15 is 0 Å². The second-order valence-electron chi connectivity index (χ2n) is 4.41. The van der Waals surface area contributed by atoms with Crippen molar-refractivity contribution in [1.29, 1.82) is 0 Å². The molecule has 1 aromatic carbocycles. The van der Waals surface area contributed by atoms with Crippen LogP contribution in [0, 0.1) is 6.92 Å². The summed E-state index contributed by atoms with van der Waals surface area (Å²) in [6.45, 7) is 2.46. The quantitative estimate of drug-likeness (QED) is 0.850. The van der Waals surface area contributed by atoms with Gasteiger partial charge in [-0.3, -0.25) is 4.79 Å². The Labute approximate surface area is 109 Å². The lowest BCUT2D eigenvalue weighted by Crippen LogP contribution is -1.96. The standard InChI is InChI=1S/C14H13NO2S/c1-9-8-18-14(15-9)7-17-11-3-4-12-10(6-11)2-5-13(12)16/h3-4,6,8H,2,5,7H2,1H3. The highest BCUT2D eigenvalue weighted by atomic mass is 32.1. The molecule has 2 aromatic rings. The van der Waals surface area contributed by atoms with E-state index in [4.69, 9.17) is 4.74 Å². The zero-order valence-corrected chi connectivity index (χ0v) is 10.9. The highest BCUT2D eigenvalue weighted by molar-refractivity contribution is 7.09. The van der Waals surface area contributed by atoms with Crippen molar-refractivity contribution in [3.8, 4) is 5.75 Å². The lowest BCUT2D eigenvalue weighted by molar-refractivity contribution is 0.0994. The van der Waals surface area contributed by atoms with E-state index in [2.05, 4.69) is 4.98 Å². The molecule has 92 valence electrons. The summed E-state index contributed by atoms with van der Waals surface area (Å²) in [4.78, 5) is 15.9. The first-order chi connectivity index (χ1) is 8.72. The first-order valence-electron chi connectivity index (χ1n) is 5.92. The molecule has 0 saturated carbocycles. The van der Waals surface area contributed by atoms with E-state index in [1.54, 1.807) is 11.3 Å². The van der Waals surface area contributed by atoms with E-state index in [-0.39, 0.29) is 5.78 Å². The maximum atomic E-state index is 11.5. The van der Waals surface area contributed by atoms with Crippen LogP contribution in [0.25, 0.3) is 0 Å². The normalized spacial score (nSPS) is 13.7. The van der Waals surface area contributed by atoms with Crippen LogP contribution in [-0.2, 0) is 13.0 Å². The zero-order valence-electron chi connectivity index (χ0n) is 10.1. The van der Waals surface area contributed by atoms with Gasteiger partial charge in [-0.1, -0.05) is 0 Å². The Morgan fingerprint density at radius 2 is 2.28 bits per heavy atom. The van der Waals surface area contributed by atoms with Gasteiger partial charge in [0.25, 0.3) is 0 Å². The van der Waals surface area contributed by atoms with Gasteiger partial charge in [0.05, 0.1) is 0 Å². The van der Waals surface area contributed by atoms with Gasteiger partial charge in [0.1, 0.15) is 17.4 Å². The third-order valence-electron chi connectivity index (χ3n) is 3.03. The van der Waals surface area contributed by atoms with Crippen molar-refractivity contribution < 1.29 is 9.53 Å². The summed E-state index contributed by atoms with van der Waals surface area (Å²) in [6.07, 6.45) is 1.46. The summed E-state index contributed by atoms with van der Waals surface area (Å²) in [5, 5.41) is 2.99. The Hall–Kier alpha value is -1.68. The monoisotopic (exact) mass is 259 g/mol. The first kappa shape index (κ1) is 11.4. The maximum Gasteiger partial charge on any atom is 0.163 e. The highest BCUT2D eigenvalue weighted by Crippen LogP contribution is 2.26. The van der Waals surface area contributed by atoms with Crippen LogP contribution in [0.15, 0.2) is 23.6 Å². The number of carbonyl (C=O) groups excluding carboxylic acids is 1. The van der Waals surface area contributed by atoms with E-state index < -0.39 is 0 Å². The average Bonchev–Trinajstić information content (AvgIpc) is 2.94. The summed E-state index contributed by atoms with van der Waals surface area (Å²) in [5.74, 6) is 1.06. The highest BCUT2D eigenvalue weighted by Gasteiger charge is 2.19. The molecule has 0 radical (unpaired) electrons. The van der Waals surface area contributed by atoms with Crippen molar-refractivity contribution in [3.05, 3.63) is 45.4 Å². The van der Waals surface area contributed by atoms with Gasteiger partial charge in [-0.15, -0.1) is 11.3 Å². The predicted molar refractivity (Wildman–Crippen MR) is 70.3 cm³/mol. The Morgan fingerprint density at radius 1 is 1.39 bits per heavy atom. The van der Waals surface area contributed by atoms with Crippen molar-refractivity contribution in [2.45, 2.75) is 26.4 Å². The maximum absolute atomic E-state index is 11.5. The number of hydrogen-bond acceptors (Lipinski definition) is 4. The van der Waals surface area contributed by atoms with Crippen molar-refractivity contribution >= 4 is 17.1 Å². The number of Topliss-reactive ketones (excluding diaryl/α,β-unsaturated/α-hetero) is 1. The Balaban J connectivity index is 1.72. The summed E-state index contributed by atoms with van der Waals surface area (Å²) < 4.78 is 5.70. The summed E-state index contributed by atoms with van der Waals surface area (Å²) in [6, 6.07) is 5.70. The molecule has 0 amide bonds. The second-order valence-corrected chi connectivity index (χ2v) is 5.36. The van der Waals surface area contributed by atoms with Crippen molar-refractivity contribution in [2.75, 3.05) is 0 Å². The number of fused-ring (bicyclic) bond motifs is 1. The molecule has 0 saturated heterocycles. The molecule has 0 aliphatic heterocycles. The van der Waals surface area contributed by atoms with Crippen LogP contribution in [0.3, 0.4) is 0 Å². The number of thiazole rings is 1. The number of ketones is 1. The number of aryl methyl sites for hydroxylation is 2. The summed E-state index contributed by atoms with van der Waals surface area (Å²) in [5.41, 5.74) is 2.98. The van der Waals surface area contributed by atoms with E-state index in [1.165, 1.54) is 0 Å². The fraction of sp³-hybridized carbons (Fsp3) is 0.286. The molecule has 18 heavy (non-hydrogen) atoms. The average molecular weight is 259 g/mol. The van der Waals surface area contributed by atoms with Crippen LogP contribution in [0.2, 0.25) is 0 Å². The Bertz CT molecular complexity index is 604. The molecule has 3 rings (SSSR count). The van der Waals surface area contributed by atoms with Crippen LogP contribution in [0.1, 0.15) is 33.0 Å². The Morgan fingerprint density at radius 3 is 3.06 bits per heavy atom. The minimum atomic E-state index is 0.243. The molecule has 3 nitrogen and oxygen atoms in total. The van der Waals surface area contributed by atoms with Crippen LogP contribution in [0.4, 0.5) is 0 Å². The Kier molecular flexibility index (Phi) is 2.88. The molecular formula is C14H13NO2S. The third-order valence-corrected chi connectivity index (χ3v) is 3.97. The fourth-order valence-corrected chi connectivity index (χ4v) is 2.82. The summed E-state index contributed by atoms with van der Waals surface area (Å²) in [7, 11) is 0. The van der Waals surface area contributed by atoms with Gasteiger partial charge in [-0.2, -0.15) is 0 Å². The van der Waals surface area contributed by atoms with Gasteiger partial charge in [0.15, 0.2) is 5.78 Å². The zero-order chi connectivity index (χ0) is 12.5. The number of nitrogens with zero attached hydrogens (tertiary/aromatic N) is 1. The minimum absolute atomic E-state index is 0.243. The number of carbonyl (C=O) groups is 1. The van der Waals surface area contributed by atoms with E-state index in [9.17, 15) is 4.79 Å². The predicted octanol–water partition coefficient (Wildman–Crippen LogP) is 3.16. The van der Waals surface area contributed by atoms with Gasteiger partial charge in [-0.05, 0) is 37.1 Å². The van der Waals surface area contributed by atoms with Crippen LogP contribution in [-0.4, -0.2) is 10.8 Å². The van der Waals surface area contributed by atoms with Gasteiger partial charge < -0.3 is 4.74 Å².